The van der Waals surface area contributed by atoms with E-state index in [-0.39, 0.29) is 24.9 Å². The van der Waals surface area contributed by atoms with Crippen LogP contribution >= 0.6 is 0 Å². The van der Waals surface area contributed by atoms with Gasteiger partial charge in [-0.1, -0.05) is 231 Å². The zero-order chi connectivity index (χ0) is 42.4. The first-order chi connectivity index (χ1) is 28.5. The Balaban J connectivity index is 4.47. The second kappa shape index (κ2) is 46.4. The van der Waals surface area contributed by atoms with Crippen LogP contribution in [0.3, 0.4) is 0 Å². The lowest BCUT2D eigenvalue weighted by atomic mass is 10.0. The van der Waals surface area contributed by atoms with E-state index < -0.39 is 18.2 Å². The van der Waals surface area contributed by atoms with Gasteiger partial charge < -0.3 is 20.3 Å². The maximum Gasteiger partial charge on any atom is 0.306 e. The van der Waals surface area contributed by atoms with Crippen LogP contribution in [-0.2, 0) is 14.3 Å². The predicted octanol–water partition coefficient (Wildman–Crippen LogP) is 15.1. The van der Waals surface area contributed by atoms with Crippen LogP contribution in [0.4, 0.5) is 0 Å². The third-order valence-electron chi connectivity index (χ3n) is 11.8. The molecule has 0 aliphatic heterocycles. The van der Waals surface area contributed by atoms with Crippen LogP contribution in [0, 0.1) is 0 Å². The summed E-state index contributed by atoms with van der Waals surface area (Å²) in [6, 6.07) is -0.703. The number of aliphatic hydroxyl groups is 2. The Bertz CT molecular complexity index is 919. The molecule has 3 unspecified atom stereocenters. The number of aliphatic hydroxyl groups excluding tert-OH is 2. The van der Waals surface area contributed by atoms with Crippen LogP contribution in [0.2, 0.25) is 0 Å². The second-order valence-corrected chi connectivity index (χ2v) is 17.6. The van der Waals surface area contributed by atoms with Gasteiger partial charge in [-0.25, -0.2) is 0 Å². The summed E-state index contributed by atoms with van der Waals surface area (Å²) >= 11 is 0. The molecule has 0 heterocycles. The number of esters is 1. The van der Waals surface area contributed by atoms with Crippen LogP contribution in [-0.4, -0.2) is 46.9 Å². The first-order valence-corrected chi connectivity index (χ1v) is 25.6. The number of unbranched alkanes of at least 4 members (excludes halogenated alkanes) is 31. The van der Waals surface area contributed by atoms with E-state index in [9.17, 15) is 19.8 Å². The molecule has 0 radical (unpaired) electrons. The van der Waals surface area contributed by atoms with Gasteiger partial charge in [0, 0.05) is 6.42 Å². The van der Waals surface area contributed by atoms with Crippen LogP contribution in [0.15, 0.2) is 24.3 Å². The maximum atomic E-state index is 13.2. The molecule has 0 aliphatic rings. The van der Waals surface area contributed by atoms with Gasteiger partial charge in [-0.3, -0.25) is 9.59 Å². The largest absolute Gasteiger partial charge is 0.462 e. The average molecular weight is 818 g/mol. The number of ether oxygens (including phenoxy) is 1. The van der Waals surface area contributed by atoms with Gasteiger partial charge >= 0.3 is 5.97 Å². The van der Waals surface area contributed by atoms with Crippen molar-refractivity contribution in [2.24, 2.45) is 0 Å². The summed E-state index contributed by atoms with van der Waals surface area (Å²) in [6.07, 6.45) is 52.4. The van der Waals surface area contributed by atoms with Crippen molar-refractivity contribution in [3.63, 3.8) is 0 Å². The molecule has 0 rings (SSSR count). The van der Waals surface area contributed by atoms with Gasteiger partial charge in [0.15, 0.2) is 0 Å². The second-order valence-electron chi connectivity index (χ2n) is 17.6. The van der Waals surface area contributed by atoms with E-state index in [0.717, 1.165) is 70.6 Å². The highest BCUT2D eigenvalue weighted by molar-refractivity contribution is 5.77. The number of rotatable bonds is 46. The molecular weight excluding hydrogens is 719 g/mol. The first-order valence-electron chi connectivity index (χ1n) is 25.6. The van der Waals surface area contributed by atoms with Crippen LogP contribution in [0.25, 0.3) is 0 Å². The third kappa shape index (κ3) is 41.1. The summed E-state index contributed by atoms with van der Waals surface area (Å²) in [5, 5.41) is 23.8. The van der Waals surface area contributed by atoms with Gasteiger partial charge in [-0.2, -0.15) is 0 Å². The van der Waals surface area contributed by atoms with Gasteiger partial charge in [0.2, 0.25) is 5.91 Å². The Morgan fingerprint density at radius 1 is 0.500 bits per heavy atom. The minimum Gasteiger partial charge on any atom is -0.462 e. The molecule has 6 nitrogen and oxygen atoms in total. The summed E-state index contributed by atoms with van der Waals surface area (Å²) < 4.78 is 5.90. The first kappa shape index (κ1) is 56.3. The van der Waals surface area contributed by atoms with Gasteiger partial charge in [-0.05, 0) is 51.4 Å². The zero-order valence-corrected chi connectivity index (χ0v) is 38.9. The van der Waals surface area contributed by atoms with Crippen molar-refractivity contribution in [1.29, 1.82) is 0 Å². The average Bonchev–Trinajstić information content (AvgIpc) is 3.22. The van der Waals surface area contributed by atoms with E-state index >= 15 is 0 Å². The highest BCUT2D eigenvalue weighted by Gasteiger charge is 2.24. The number of hydrogen-bond donors (Lipinski definition) is 3. The lowest BCUT2D eigenvalue weighted by molar-refractivity contribution is -0.151. The number of carbonyl (C=O) groups excluding carboxylic acids is 2. The monoisotopic (exact) mass is 818 g/mol. The standard InChI is InChI=1S/C52H99NO5/c1-4-7-10-13-16-19-21-23-24-25-26-28-30-33-35-38-41-44-50(55)49(47-54)53-51(56)46-48(58-52(57)45-42-39-36-31-18-15-12-9-6-3)43-40-37-34-32-29-27-22-20-17-14-11-8-5-2/h17,20,22,27,48-50,54-55H,4-16,18-19,21,23-26,28-47H2,1-3H3,(H,53,56)/b20-17+,27-22+. The van der Waals surface area contributed by atoms with Gasteiger partial charge in [0.05, 0.1) is 25.2 Å². The van der Waals surface area contributed by atoms with Crippen molar-refractivity contribution in [3.8, 4) is 0 Å². The van der Waals surface area contributed by atoms with Gasteiger partial charge in [-0.15, -0.1) is 0 Å². The Kier molecular flexibility index (Phi) is 45.1. The summed E-state index contributed by atoms with van der Waals surface area (Å²) in [6.45, 7) is 6.45. The van der Waals surface area contributed by atoms with Crippen molar-refractivity contribution in [2.45, 2.75) is 289 Å². The highest BCUT2D eigenvalue weighted by atomic mass is 16.5. The Hall–Kier alpha value is -1.66. The molecule has 3 atom stereocenters. The van der Waals surface area contributed by atoms with E-state index in [1.54, 1.807) is 0 Å². The molecule has 58 heavy (non-hydrogen) atoms. The molecule has 6 heteroatoms. The SMILES string of the molecule is CCCCC/C=C/C=C/CCCCCCC(CC(=O)NC(CO)C(O)CCCCCCCCCCCCCCCCCCC)OC(=O)CCCCCCCCCCC. The number of allylic oxidation sites excluding steroid dienone is 4. The lowest BCUT2D eigenvalue weighted by Crippen LogP contribution is -2.46. The quantitative estimate of drug-likeness (QED) is 0.0323. The molecule has 0 fully saturated rings. The molecule has 0 bridgehead atoms. The van der Waals surface area contributed by atoms with E-state index in [2.05, 4.69) is 50.4 Å². The van der Waals surface area contributed by atoms with Crippen LogP contribution in [0.5, 0.6) is 0 Å². The van der Waals surface area contributed by atoms with E-state index in [1.807, 2.05) is 0 Å². The molecule has 0 aromatic heterocycles. The molecule has 0 saturated heterocycles. The van der Waals surface area contributed by atoms with E-state index in [4.69, 9.17) is 4.74 Å². The minimum absolute atomic E-state index is 0.0686. The van der Waals surface area contributed by atoms with Crippen molar-refractivity contribution in [3.05, 3.63) is 24.3 Å². The number of hydrogen-bond acceptors (Lipinski definition) is 5. The normalized spacial score (nSPS) is 13.4. The fourth-order valence-electron chi connectivity index (χ4n) is 7.89. The Morgan fingerprint density at radius 3 is 1.31 bits per heavy atom. The summed E-state index contributed by atoms with van der Waals surface area (Å²) in [5.74, 6) is -0.486. The third-order valence-corrected chi connectivity index (χ3v) is 11.8. The van der Waals surface area contributed by atoms with E-state index in [0.29, 0.717) is 19.3 Å². The zero-order valence-electron chi connectivity index (χ0n) is 38.9. The van der Waals surface area contributed by atoms with Crippen molar-refractivity contribution < 1.29 is 24.5 Å². The predicted molar refractivity (Wildman–Crippen MR) is 250 cm³/mol. The minimum atomic E-state index is -0.788. The summed E-state index contributed by atoms with van der Waals surface area (Å²) in [5.41, 5.74) is 0. The fraction of sp³-hybridized carbons (Fsp3) is 0.885. The van der Waals surface area contributed by atoms with Crippen molar-refractivity contribution in [1.82, 2.24) is 5.32 Å². The number of nitrogens with one attached hydrogen (secondary N) is 1. The van der Waals surface area contributed by atoms with Crippen molar-refractivity contribution >= 4 is 11.9 Å². The summed E-state index contributed by atoms with van der Waals surface area (Å²) in [4.78, 5) is 26.0. The topological polar surface area (TPSA) is 95.9 Å². The highest BCUT2D eigenvalue weighted by Crippen LogP contribution is 2.18. The molecule has 0 aromatic carbocycles. The number of carbonyl (C=O) groups is 2. The van der Waals surface area contributed by atoms with Crippen molar-refractivity contribution in [2.75, 3.05) is 6.61 Å². The molecule has 0 aliphatic carbocycles. The lowest BCUT2D eigenvalue weighted by Gasteiger charge is -2.24. The van der Waals surface area contributed by atoms with E-state index in [1.165, 1.54) is 154 Å². The van der Waals surface area contributed by atoms with Gasteiger partial charge in [0.25, 0.3) is 0 Å². The smallest absolute Gasteiger partial charge is 0.306 e. The molecule has 342 valence electrons. The van der Waals surface area contributed by atoms with Crippen LogP contribution in [0.1, 0.15) is 271 Å². The Morgan fingerprint density at radius 2 is 0.862 bits per heavy atom. The molecule has 3 N–H and O–H groups in total. The Labute approximate surface area is 361 Å². The summed E-state index contributed by atoms with van der Waals surface area (Å²) in [7, 11) is 0. The van der Waals surface area contributed by atoms with Gasteiger partial charge in [0.1, 0.15) is 6.10 Å². The van der Waals surface area contributed by atoms with Crippen LogP contribution < -0.4 is 5.32 Å². The molecule has 1 amide bonds. The number of amides is 1. The molecule has 0 spiro atoms. The molecule has 0 saturated carbocycles. The molecule has 0 aromatic rings. The molecular formula is C52H99NO5. The maximum absolute atomic E-state index is 13.2. The fourth-order valence-corrected chi connectivity index (χ4v) is 7.89.